The van der Waals surface area contributed by atoms with E-state index in [0.717, 1.165) is 10.4 Å². The largest absolute Gasteiger partial charge is 0.497 e. The molecule has 4 nitrogen and oxygen atoms in total. The number of nitriles is 1. The summed E-state index contributed by atoms with van der Waals surface area (Å²) in [6.45, 7) is 0. The molecule has 0 fully saturated rings. The van der Waals surface area contributed by atoms with Crippen molar-refractivity contribution in [3.05, 3.63) is 29.1 Å². The summed E-state index contributed by atoms with van der Waals surface area (Å²) in [6, 6.07) is 9.43. The Bertz CT molecular complexity index is 592. The molecule has 1 aromatic heterocycles. The number of hydrogen-bond donors (Lipinski definition) is 1. The van der Waals surface area contributed by atoms with Gasteiger partial charge in [0.05, 0.1) is 19.9 Å². The number of nitrogens with two attached hydrogens (primary N) is 1. The van der Waals surface area contributed by atoms with Crippen LogP contribution in [-0.2, 0) is 0 Å². The van der Waals surface area contributed by atoms with Gasteiger partial charge < -0.3 is 15.2 Å². The Morgan fingerprint density at radius 2 is 1.72 bits per heavy atom. The molecule has 0 saturated heterocycles. The van der Waals surface area contributed by atoms with Crippen LogP contribution < -0.4 is 15.2 Å². The van der Waals surface area contributed by atoms with Crippen molar-refractivity contribution in [1.29, 1.82) is 5.26 Å². The van der Waals surface area contributed by atoms with Crippen LogP contribution in [0.3, 0.4) is 0 Å². The molecule has 0 aliphatic carbocycles. The van der Waals surface area contributed by atoms with Crippen molar-refractivity contribution in [2.24, 2.45) is 0 Å². The Morgan fingerprint density at radius 1 is 1.11 bits per heavy atom. The Morgan fingerprint density at radius 3 is 2.17 bits per heavy atom. The van der Waals surface area contributed by atoms with E-state index < -0.39 is 0 Å². The second kappa shape index (κ2) is 4.98. The number of ether oxygens (including phenoxy) is 2. The topological polar surface area (TPSA) is 68.3 Å². The summed E-state index contributed by atoms with van der Waals surface area (Å²) in [6.07, 6.45) is 0. The molecule has 0 amide bonds. The van der Waals surface area contributed by atoms with Crippen LogP contribution >= 0.6 is 11.3 Å². The van der Waals surface area contributed by atoms with Crippen molar-refractivity contribution >= 4 is 17.0 Å². The molecule has 0 saturated carbocycles. The van der Waals surface area contributed by atoms with Crippen molar-refractivity contribution in [2.75, 3.05) is 20.0 Å². The highest BCUT2D eigenvalue weighted by atomic mass is 32.1. The molecule has 1 heterocycles. The number of nitrogens with zero attached hydrogens (tertiary/aromatic N) is 1. The molecule has 18 heavy (non-hydrogen) atoms. The number of benzene rings is 1. The highest BCUT2D eigenvalue weighted by Gasteiger charge is 2.10. The molecule has 0 aliphatic rings. The lowest BCUT2D eigenvalue weighted by atomic mass is 10.1. The smallest absolute Gasteiger partial charge is 0.128 e. The Hall–Kier alpha value is -2.19. The second-order valence-corrected chi connectivity index (χ2v) is 4.66. The maximum absolute atomic E-state index is 8.91. The van der Waals surface area contributed by atoms with E-state index in [2.05, 4.69) is 6.07 Å². The molecule has 0 radical (unpaired) electrons. The summed E-state index contributed by atoms with van der Waals surface area (Å²) in [5.74, 6) is 1.41. The fourth-order valence-electron chi connectivity index (χ4n) is 1.58. The summed E-state index contributed by atoms with van der Waals surface area (Å²) >= 11 is 1.35. The zero-order valence-corrected chi connectivity index (χ0v) is 10.9. The summed E-state index contributed by atoms with van der Waals surface area (Å²) in [4.78, 5) is 1.44. The van der Waals surface area contributed by atoms with Crippen LogP contribution in [0.5, 0.6) is 11.5 Å². The summed E-state index contributed by atoms with van der Waals surface area (Å²) in [7, 11) is 3.20. The lowest BCUT2D eigenvalue weighted by molar-refractivity contribution is 0.394. The number of nitrogen functional groups attached to an aromatic ring is 1. The van der Waals surface area contributed by atoms with Crippen LogP contribution in [0.25, 0.3) is 10.4 Å². The van der Waals surface area contributed by atoms with E-state index in [4.69, 9.17) is 20.5 Å². The lowest BCUT2D eigenvalue weighted by Gasteiger charge is -2.06. The molecule has 2 aromatic rings. The summed E-state index contributed by atoms with van der Waals surface area (Å²) in [5.41, 5.74) is 7.18. The predicted molar refractivity (Wildman–Crippen MR) is 72.0 cm³/mol. The minimum Gasteiger partial charge on any atom is -0.497 e. The Labute approximate surface area is 109 Å². The molecule has 0 atom stereocenters. The molecule has 0 bridgehead atoms. The van der Waals surface area contributed by atoms with Crippen molar-refractivity contribution < 1.29 is 9.47 Å². The van der Waals surface area contributed by atoms with Crippen molar-refractivity contribution in [2.45, 2.75) is 0 Å². The first kappa shape index (κ1) is 12.3. The van der Waals surface area contributed by atoms with Gasteiger partial charge in [0, 0.05) is 10.9 Å². The monoisotopic (exact) mass is 260 g/mol. The number of methoxy groups -OCH3 is 2. The van der Waals surface area contributed by atoms with E-state index in [1.165, 1.54) is 11.3 Å². The number of rotatable bonds is 3. The van der Waals surface area contributed by atoms with Gasteiger partial charge in [0.1, 0.15) is 22.4 Å². The Balaban J connectivity index is 2.52. The van der Waals surface area contributed by atoms with Crippen molar-refractivity contribution in [3.63, 3.8) is 0 Å². The summed E-state index contributed by atoms with van der Waals surface area (Å²) < 4.78 is 10.4. The molecule has 92 valence electrons. The molecule has 1 aromatic carbocycles. The normalized spacial score (nSPS) is 9.83. The van der Waals surface area contributed by atoms with Gasteiger partial charge in [-0.15, -0.1) is 11.3 Å². The number of hydrogen-bond acceptors (Lipinski definition) is 5. The maximum atomic E-state index is 8.91. The highest BCUT2D eigenvalue weighted by molar-refractivity contribution is 7.16. The average Bonchev–Trinajstić information content (AvgIpc) is 2.79. The average molecular weight is 260 g/mol. The van der Waals surface area contributed by atoms with Crippen molar-refractivity contribution in [1.82, 2.24) is 0 Å². The SMILES string of the molecule is COc1cc(OC)cc(-c2cc(N)c(C#N)s2)c1. The van der Waals surface area contributed by atoms with Gasteiger partial charge in [0.2, 0.25) is 0 Å². The molecule has 2 rings (SSSR count). The van der Waals surface area contributed by atoms with Crippen molar-refractivity contribution in [3.8, 4) is 28.0 Å². The predicted octanol–water partition coefficient (Wildman–Crippen LogP) is 2.89. The molecule has 0 unspecified atom stereocenters. The number of thiophene rings is 1. The minimum atomic E-state index is 0.499. The highest BCUT2D eigenvalue weighted by Crippen LogP contribution is 2.36. The van der Waals surface area contributed by atoms with Gasteiger partial charge >= 0.3 is 0 Å². The lowest BCUT2D eigenvalue weighted by Crippen LogP contribution is -1.88. The van der Waals surface area contributed by atoms with Gasteiger partial charge in [-0.2, -0.15) is 5.26 Å². The van der Waals surface area contributed by atoms with E-state index in [0.29, 0.717) is 22.1 Å². The second-order valence-electron chi connectivity index (χ2n) is 3.61. The van der Waals surface area contributed by atoms with Gasteiger partial charge in [0.15, 0.2) is 0 Å². The van der Waals surface area contributed by atoms with E-state index in [1.54, 1.807) is 26.4 Å². The van der Waals surface area contributed by atoms with Gasteiger partial charge in [-0.3, -0.25) is 0 Å². The van der Waals surface area contributed by atoms with E-state index >= 15 is 0 Å². The summed E-state index contributed by atoms with van der Waals surface area (Å²) in [5, 5.41) is 8.91. The molecule has 2 N–H and O–H groups in total. The van der Waals surface area contributed by atoms with E-state index in [9.17, 15) is 0 Å². The third-order valence-corrected chi connectivity index (χ3v) is 3.60. The third-order valence-electron chi connectivity index (χ3n) is 2.50. The molecule has 5 heteroatoms. The first-order valence-corrected chi connectivity index (χ1v) is 6.02. The van der Waals surface area contributed by atoms with Gasteiger partial charge in [-0.25, -0.2) is 0 Å². The van der Waals surface area contributed by atoms with Gasteiger partial charge in [-0.1, -0.05) is 0 Å². The van der Waals surface area contributed by atoms with Crippen LogP contribution in [-0.4, -0.2) is 14.2 Å². The zero-order chi connectivity index (χ0) is 13.1. The van der Waals surface area contributed by atoms with E-state index in [-0.39, 0.29) is 0 Å². The Kier molecular flexibility index (Phi) is 3.40. The van der Waals surface area contributed by atoms with Gasteiger partial charge in [-0.05, 0) is 23.8 Å². The standard InChI is InChI=1S/C13H12N2O2S/c1-16-9-3-8(4-10(5-9)17-2)12-6-11(15)13(7-14)18-12/h3-6H,15H2,1-2H3. The van der Waals surface area contributed by atoms with Gasteiger partial charge in [0.25, 0.3) is 0 Å². The zero-order valence-electron chi connectivity index (χ0n) is 10.1. The van der Waals surface area contributed by atoms with E-state index in [1.807, 2.05) is 12.1 Å². The van der Waals surface area contributed by atoms with Crippen LogP contribution in [0.4, 0.5) is 5.69 Å². The third kappa shape index (κ3) is 2.24. The van der Waals surface area contributed by atoms with Crippen LogP contribution in [0.1, 0.15) is 4.88 Å². The first-order chi connectivity index (χ1) is 8.67. The minimum absolute atomic E-state index is 0.499. The van der Waals surface area contributed by atoms with Crippen LogP contribution in [0, 0.1) is 11.3 Å². The maximum Gasteiger partial charge on any atom is 0.128 e. The number of anilines is 1. The molecule has 0 aliphatic heterocycles. The first-order valence-electron chi connectivity index (χ1n) is 5.20. The fraction of sp³-hybridized carbons (Fsp3) is 0.154. The quantitative estimate of drug-likeness (QED) is 0.921. The van der Waals surface area contributed by atoms with Crippen LogP contribution in [0.2, 0.25) is 0 Å². The van der Waals surface area contributed by atoms with Crippen LogP contribution in [0.15, 0.2) is 24.3 Å². The molecular formula is C13H12N2O2S. The molecule has 0 spiro atoms. The fourth-order valence-corrected chi connectivity index (χ4v) is 2.45. The molecular weight excluding hydrogens is 248 g/mol.